The molecular formula is C15H22N2O2. The highest BCUT2D eigenvalue weighted by Crippen LogP contribution is 2.39. The van der Waals surface area contributed by atoms with Gasteiger partial charge in [-0.25, -0.2) is 0 Å². The molecule has 1 amide bonds. The number of carbonyl (C=O) groups excluding carboxylic acids is 1. The molecule has 1 unspecified atom stereocenters. The van der Waals surface area contributed by atoms with Crippen LogP contribution in [0.3, 0.4) is 0 Å². The Hall–Kier alpha value is -1.55. The lowest BCUT2D eigenvalue weighted by Crippen LogP contribution is -2.46. The van der Waals surface area contributed by atoms with Gasteiger partial charge in [0.1, 0.15) is 5.75 Å². The van der Waals surface area contributed by atoms with Crippen molar-refractivity contribution in [3.8, 4) is 5.75 Å². The topological polar surface area (TPSA) is 41.6 Å². The molecule has 1 N–H and O–H groups in total. The number of nitrogens with zero attached hydrogens (tertiary/aromatic N) is 1. The minimum atomic E-state index is -0.172. The van der Waals surface area contributed by atoms with E-state index in [-0.39, 0.29) is 11.4 Å². The van der Waals surface area contributed by atoms with Gasteiger partial charge in [0.05, 0.1) is 7.11 Å². The van der Waals surface area contributed by atoms with Gasteiger partial charge in [-0.05, 0) is 45.2 Å². The second kappa shape index (κ2) is 5.21. The van der Waals surface area contributed by atoms with Gasteiger partial charge < -0.3 is 15.0 Å². The average Bonchev–Trinajstić information content (AvgIpc) is 2.60. The van der Waals surface area contributed by atoms with Crippen molar-refractivity contribution < 1.29 is 9.53 Å². The molecule has 0 radical (unpaired) electrons. The second-order valence-electron chi connectivity index (χ2n) is 5.54. The Labute approximate surface area is 114 Å². The van der Waals surface area contributed by atoms with Crippen molar-refractivity contribution in [2.75, 3.05) is 25.6 Å². The number of rotatable bonds is 4. The van der Waals surface area contributed by atoms with Crippen LogP contribution < -0.4 is 15.0 Å². The zero-order valence-electron chi connectivity index (χ0n) is 12.1. The maximum absolute atomic E-state index is 12.3. The fraction of sp³-hybridized carbons (Fsp3) is 0.533. The SMILES string of the molecule is CNCC1CC(=O)N(c2ccc(OC)cc2)C1(C)C. The Bertz CT molecular complexity index is 454. The summed E-state index contributed by atoms with van der Waals surface area (Å²) in [5, 5.41) is 3.18. The summed E-state index contributed by atoms with van der Waals surface area (Å²) in [6, 6.07) is 7.68. The number of ether oxygens (including phenoxy) is 1. The summed E-state index contributed by atoms with van der Waals surface area (Å²) in [6.45, 7) is 5.11. The van der Waals surface area contributed by atoms with Crippen molar-refractivity contribution in [2.45, 2.75) is 25.8 Å². The molecule has 1 aliphatic heterocycles. The summed E-state index contributed by atoms with van der Waals surface area (Å²) in [6.07, 6.45) is 0.597. The molecule has 4 nitrogen and oxygen atoms in total. The fourth-order valence-electron chi connectivity index (χ4n) is 2.83. The highest BCUT2D eigenvalue weighted by molar-refractivity contribution is 5.97. The molecule has 2 rings (SSSR count). The maximum Gasteiger partial charge on any atom is 0.227 e. The van der Waals surface area contributed by atoms with Gasteiger partial charge in [0.2, 0.25) is 5.91 Å². The zero-order valence-corrected chi connectivity index (χ0v) is 12.1. The summed E-state index contributed by atoms with van der Waals surface area (Å²) >= 11 is 0. The number of benzene rings is 1. The number of amides is 1. The van der Waals surface area contributed by atoms with Crippen molar-refractivity contribution in [3.63, 3.8) is 0 Å². The van der Waals surface area contributed by atoms with E-state index in [9.17, 15) is 4.79 Å². The van der Waals surface area contributed by atoms with Gasteiger partial charge in [-0.2, -0.15) is 0 Å². The smallest absolute Gasteiger partial charge is 0.227 e. The minimum absolute atomic E-state index is 0.172. The summed E-state index contributed by atoms with van der Waals surface area (Å²) in [4.78, 5) is 14.2. The molecule has 4 heteroatoms. The molecule has 1 heterocycles. The quantitative estimate of drug-likeness (QED) is 0.903. The molecule has 1 aromatic rings. The van der Waals surface area contributed by atoms with Crippen molar-refractivity contribution >= 4 is 11.6 Å². The Morgan fingerprint density at radius 3 is 2.53 bits per heavy atom. The lowest BCUT2D eigenvalue weighted by atomic mass is 9.88. The molecule has 0 aromatic heterocycles. The van der Waals surface area contributed by atoms with E-state index in [2.05, 4.69) is 19.2 Å². The molecule has 1 aliphatic rings. The van der Waals surface area contributed by atoms with Gasteiger partial charge in [-0.15, -0.1) is 0 Å². The van der Waals surface area contributed by atoms with Crippen LogP contribution in [0.2, 0.25) is 0 Å². The summed E-state index contributed by atoms with van der Waals surface area (Å²) in [5.74, 6) is 1.32. The van der Waals surface area contributed by atoms with E-state index in [4.69, 9.17) is 4.74 Å². The molecule has 0 aliphatic carbocycles. The van der Waals surface area contributed by atoms with Crippen LogP contribution in [0.25, 0.3) is 0 Å². The Morgan fingerprint density at radius 1 is 1.37 bits per heavy atom. The largest absolute Gasteiger partial charge is 0.497 e. The van der Waals surface area contributed by atoms with Gasteiger partial charge in [-0.3, -0.25) is 4.79 Å². The molecule has 0 saturated carbocycles. The maximum atomic E-state index is 12.3. The van der Waals surface area contributed by atoms with Crippen LogP contribution in [-0.4, -0.2) is 32.1 Å². The predicted octanol–water partition coefficient (Wildman–Crippen LogP) is 2.05. The highest BCUT2D eigenvalue weighted by atomic mass is 16.5. The van der Waals surface area contributed by atoms with E-state index in [0.29, 0.717) is 12.3 Å². The van der Waals surface area contributed by atoms with E-state index < -0.39 is 0 Å². The number of nitrogens with one attached hydrogen (secondary N) is 1. The molecule has 1 atom stereocenters. The molecule has 0 bridgehead atoms. The monoisotopic (exact) mass is 262 g/mol. The van der Waals surface area contributed by atoms with Gasteiger partial charge in [0.25, 0.3) is 0 Å². The average molecular weight is 262 g/mol. The number of anilines is 1. The third-order valence-corrected chi connectivity index (χ3v) is 4.03. The van der Waals surface area contributed by atoms with Gasteiger partial charge in [-0.1, -0.05) is 0 Å². The number of hydrogen-bond donors (Lipinski definition) is 1. The zero-order chi connectivity index (χ0) is 14.0. The highest BCUT2D eigenvalue weighted by Gasteiger charge is 2.46. The van der Waals surface area contributed by atoms with Crippen LogP contribution >= 0.6 is 0 Å². The van der Waals surface area contributed by atoms with Crippen molar-refractivity contribution in [2.24, 2.45) is 5.92 Å². The fourth-order valence-corrected chi connectivity index (χ4v) is 2.83. The number of methoxy groups -OCH3 is 1. The van der Waals surface area contributed by atoms with E-state index in [1.165, 1.54) is 0 Å². The molecule has 104 valence electrons. The first-order chi connectivity index (χ1) is 9.00. The Balaban J connectivity index is 2.29. The third-order valence-electron chi connectivity index (χ3n) is 4.03. The van der Waals surface area contributed by atoms with Crippen LogP contribution in [0, 0.1) is 5.92 Å². The van der Waals surface area contributed by atoms with E-state index in [1.54, 1.807) is 7.11 Å². The van der Waals surface area contributed by atoms with Crippen LogP contribution in [-0.2, 0) is 4.79 Å². The molecule has 1 fully saturated rings. The van der Waals surface area contributed by atoms with Gasteiger partial charge >= 0.3 is 0 Å². The Kier molecular flexibility index (Phi) is 3.80. The summed E-state index contributed by atoms with van der Waals surface area (Å²) in [5.41, 5.74) is 0.767. The standard InChI is InChI=1S/C15H22N2O2/c1-15(2)11(10-16-3)9-14(18)17(15)12-5-7-13(19-4)8-6-12/h5-8,11,16H,9-10H2,1-4H3. The normalized spacial score (nSPS) is 21.8. The van der Waals surface area contributed by atoms with Crippen LogP contribution in [0.1, 0.15) is 20.3 Å². The van der Waals surface area contributed by atoms with Gasteiger partial charge in [0, 0.05) is 30.1 Å². The number of hydrogen-bond acceptors (Lipinski definition) is 3. The van der Waals surface area contributed by atoms with E-state index in [0.717, 1.165) is 18.0 Å². The van der Waals surface area contributed by atoms with Gasteiger partial charge in [0.15, 0.2) is 0 Å². The van der Waals surface area contributed by atoms with Crippen molar-refractivity contribution in [3.05, 3.63) is 24.3 Å². The minimum Gasteiger partial charge on any atom is -0.497 e. The molecule has 1 saturated heterocycles. The summed E-state index contributed by atoms with van der Waals surface area (Å²) < 4.78 is 5.16. The molecular weight excluding hydrogens is 240 g/mol. The molecule has 1 aromatic carbocycles. The molecule has 0 spiro atoms. The lowest BCUT2D eigenvalue weighted by Gasteiger charge is -2.36. The predicted molar refractivity (Wildman–Crippen MR) is 76.6 cm³/mol. The third kappa shape index (κ3) is 2.45. The van der Waals surface area contributed by atoms with Crippen molar-refractivity contribution in [1.82, 2.24) is 5.32 Å². The van der Waals surface area contributed by atoms with Crippen LogP contribution in [0.5, 0.6) is 5.75 Å². The summed E-state index contributed by atoms with van der Waals surface area (Å²) in [7, 11) is 3.57. The van der Waals surface area contributed by atoms with Crippen LogP contribution in [0.15, 0.2) is 24.3 Å². The lowest BCUT2D eigenvalue weighted by molar-refractivity contribution is -0.117. The van der Waals surface area contributed by atoms with Crippen LogP contribution in [0.4, 0.5) is 5.69 Å². The van der Waals surface area contributed by atoms with E-state index in [1.807, 2.05) is 36.2 Å². The van der Waals surface area contributed by atoms with Crippen molar-refractivity contribution in [1.29, 1.82) is 0 Å². The Morgan fingerprint density at radius 2 is 2.00 bits per heavy atom. The first-order valence-electron chi connectivity index (χ1n) is 6.62. The number of carbonyl (C=O) groups is 1. The first-order valence-corrected chi connectivity index (χ1v) is 6.62. The second-order valence-corrected chi connectivity index (χ2v) is 5.54. The molecule has 19 heavy (non-hydrogen) atoms. The van der Waals surface area contributed by atoms with E-state index >= 15 is 0 Å². The first kappa shape index (κ1) is 13.9.